The summed E-state index contributed by atoms with van der Waals surface area (Å²) >= 11 is 0. The number of hydrogen-bond donors (Lipinski definition) is 1. The number of para-hydroxylation sites is 1. The van der Waals surface area contributed by atoms with Gasteiger partial charge in [-0.05, 0) is 36.1 Å². The quantitative estimate of drug-likeness (QED) is 0.754. The van der Waals surface area contributed by atoms with Crippen LogP contribution in [0.4, 0.5) is 0 Å². The van der Waals surface area contributed by atoms with Crippen LogP contribution in [-0.4, -0.2) is 0 Å². The van der Waals surface area contributed by atoms with Crippen molar-refractivity contribution in [3.8, 4) is 0 Å². The SMILES string of the molecule is NC(c1cc2ccccc2o1)C1CCc2ccccc21. The maximum atomic E-state index is 6.49. The summed E-state index contributed by atoms with van der Waals surface area (Å²) in [6.45, 7) is 0. The molecule has 0 radical (unpaired) electrons. The molecule has 20 heavy (non-hydrogen) atoms. The molecule has 2 unspecified atom stereocenters. The Kier molecular flexibility index (Phi) is 2.64. The van der Waals surface area contributed by atoms with E-state index < -0.39 is 0 Å². The third-order valence-corrected chi connectivity index (χ3v) is 4.39. The first-order valence-electron chi connectivity index (χ1n) is 7.15. The Morgan fingerprint density at radius 1 is 1.05 bits per heavy atom. The summed E-state index contributed by atoms with van der Waals surface area (Å²) in [5, 5.41) is 1.13. The van der Waals surface area contributed by atoms with E-state index in [4.69, 9.17) is 10.2 Å². The van der Waals surface area contributed by atoms with Crippen LogP contribution in [-0.2, 0) is 6.42 Å². The Hall–Kier alpha value is -2.06. The van der Waals surface area contributed by atoms with Gasteiger partial charge in [0.1, 0.15) is 11.3 Å². The van der Waals surface area contributed by atoms with Crippen molar-refractivity contribution < 1.29 is 4.42 Å². The first-order valence-corrected chi connectivity index (χ1v) is 7.15. The van der Waals surface area contributed by atoms with Crippen LogP contribution in [0.5, 0.6) is 0 Å². The molecule has 0 fully saturated rings. The van der Waals surface area contributed by atoms with E-state index in [0.717, 1.165) is 29.6 Å². The van der Waals surface area contributed by atoms with Gasteiger partial charge >= 0.3 is 0 Å². The zero-order valence-electron chi connectivity index (χ0n) is 11.3. The van der Waals surface area contributed by atoms with Gasteiger partial charge in [-0.15, -0.1) is 0 Å². The van der Waals surface area contributed by atoms with Crippen molar-refractivity contribution in [3.05, 3.63) is 71.5 Å². The van der Waals surface area contributed by atoms with Crippen molar-refractivity contribution in [3.63, 3.8) is 0 Å². The predicted molar refractivity (Wildman–Crippen MR) is 80.6 cm³/mol. The highest BCUT2D eigenvalue weighted by Crippen LogP contribution is 2.41. The molecule has 1 aliphatic carbocycles. The Morgan fingerprint density at radius 3 is 2.75 bits per heavy atom. The van der Waals surface area contributed by atoms with Crippen molar-refractivity contribution in [2.45, 2.75) is 24.8 Å². The van der Waals surface area contributed by atoms with Gasteiger partial charge in [-0.2, -0.15) is 0 Å². The smallest absolute Gasteiger partial charge is 0.134 e. The van der Waals surface area contributed by atoms with E-state index in [2.05, 4.69) is 36.4 Å². The van der Waals surface area contributed by atoms with Crippen molar-refractivity contribution in [1.82, 2.24) is 0 Å². The Labute approximate surface area is 118 Å². The third-order valence-electron chi connectivity index (χ3n) is 4.39. The number of furan rings is 1. The van der Waals surface area contributed by atoms with Gasteiger partial charge in [-0.25, -0.2) is 0 Å². The highest BCUT2D eigenvalue weighted by molar-refractivity contribution is 5.77. The summed E-state index contributed by atoms with van der Waals surface area (Å²) < 4.78 is 5.93. The Bertz CT molecular complexity index is 726. The second-order valence-corrected chi connectivity index (χ2v) is 5.56. The summed E-state index contributed by atoms with van der Waals surface area (Å²) in [4.78, 5) is 0. The zero-order valence-corrected chi connectivity index (χ0v) is 11.3. The van der Waals surface area contributed by atoms with Gasteiger partial charge in [-0.3, -0.25) is 0 Å². The molecule has 2 N–H and O–H groups in total. The largest absolute Gasteiger partial charge is 0.459 e. The van der Waals surface area contributed by atoms with Crippen LogP contribution in [0.2, 0.25) is 0 Å². The van der Waals surface area contributed by atoms with Crippen LogP contribution in [0.15, 0.2) is 59.0 Å². The van der Waals surface area contributed by atoms with Crippen molar-refractivity contribution >= 4 is 11.0 Å². The molecule has 2 atom stereocenters. The summed E-state index contributed by atoms with van der Waals surface area (Å²) in [6, 6.07) is 18.7. The van der Waals surface area contributed by atoms with E-state index in [0.29, 0.717) is 5.92 Å². The molecule has 2 heteroatoms. The van der Waals surface area contributed by atoms with Crippen LogP contribution >= 0.6 is 0 Å². The van der Waals surface area contributed by atoms with Gasteiger partial charge < -0.3 is 10.2 Å². The van der Waals surface area contributed by atoms with Crippen LogP contribution in [0.3, 0.4) is 0 Å². The maximum Gasteiger partial charge on any atom is 0.134 e. The van der Waals surface area contributed by atoms with E-state index in [1.807, 2.05) is 18.2 Å². The number of hydrogen-bond acceptors (Lipinski definition) is 2. The minimum atomic E-state index is -0.0638. The molecule has 0 aliphatic heterocycles. The van der Waals surface area contributed by atoms with Crippen molar-refractivity contribution in [1.29, 1.82) is 0 Å². The molecule has 2 nitrogen and oxygen atoms in total. The van der Waals surface area contributed by atoms with E-state index in [9.17, 15) is 0 Å². The van der Waals surface area contributed by atoms with Gasteiger partial charge in [0.15, 0.2) is 0 Å². The summed E-state index contributed by atoms with van der Waals surface area (Å²) in [7, 11) is 0. The van der Waals surface area contributed by atoms with Gasteiger partial charge in [0, 0.05) is 11.3 Å². The van der Waals surface area contributed by atoms with E-state index >= 15 is 0 Å². The standard InChI is InChI=1S/C18H17NO/c19-18(15-10-9-12-5-1-3-7-14(12)15)17-11-13-6-2-4-8-16(13)20-17/h1-8,11,15,18H,9-10,19H2. The minimum absolute atomic E-state index is 0.0638. The molecule has 1 aromatic heterocycles. The molecule has 0 saturated heterocycles. The van der Waals surface area contributed by atoms with Gasteiger partial charge in [-0.1, -0.05) is 42.5 Å². The second kappa shape index (κ2) is 4.50. The fraction of sp³-hybridized carbons (Fsp3) is 0.222. The fourth-order valence-electron chi connectivity index (χ4n) is 3.33. The second-order valence-electron chi connectivity index (χ2n) is 5.56. The average Bonchev–Trinajstić information content (AvgIpc) is 3.10. The van der Waals surface area contributed by atoms with Crippen LogP contribution in [0, 0.1) is 0 Å². The molecule has 0 spiro atoms. The van der Waals surface area contributed by atoms with Gasteiger partial charge in [0.2, 0.25) is 0 Å². The zero-order chi connectivity index (χ0) is 13.5. The first kappa shape index (κ1) is 11.7. The average molecular weight is 263 g/mol. The topological polar surface area (TPSA) is 39.2 Å². The highest BCUT2D eigenvalue weighted by Gasteiger charge is 2.30. The summed E-state index contributed by atoms with van der Waals surface area (Å²) in [5.41, 5.74) is 10.2. The minimum Gasteiger partial charge on any atom is -0.459 e. The maximum absolute atomic E-state index is 6.49. The number of rotatable bonds is 2. The molecule has 2 aromatic carbocycles. The van der Waals surface area contributed by atoms with Crippen molar-refractivity contribution in [2.24, 2.45) is 5.73 Å². The van der Waals surface area contributed by atoms with E-state index in [1.165, 1.54) is 11.1 Å². The number of benzene rings is 2. The van der Waals surface area contributed by atoms with E-state index in [-0.39, 0.29) is 6.04 Å². The lowest BCUT2D eigenvalue weighted by molar-refractivity contribution is 0.441. The molecular weight excluding hydrogens is 246 g/mol. The van der Waals surface area contributed by atoms with Crippen LogP contribution < -0.4 is 5.73 Å². The van der Waals surface area contributed by atoms with Crippen LogP contribution in [0.1, 0.15) is 35.3 Å². The Balaban J connectivity index is 1.72. The summed E-state index contributed by atoms with van der Waals surface area (Å²) in [6.07, 6.45) is 2.23. The molecule has 100 valence electrons. The molecule has 1 aliphatic rings. The van der Waals surface area contributed by atoms with E-state index in [1.54, 1.807) is 0 Å². The lowest BCUT2D eigenvalue weighted by atomic mass is 9.92. The molecule has 3 aromatic rings. The lowest BCUT2D eigenvalue weighted by Gasteiger charge is -2.18. The fourth-order valence-corrected chi connectivity index (χ4v) is 3.33. The van der Waals surface area contributed by atoms with Gasteiger partial charge in [0.25, 0.3) is 0 Å². The number of aryl methyl sites for hydroxylation is 1. The molecule has 4 rings (SSSR count). The molecule has 0 amide bonds. The van der Waals surface area contributed by atoms with Crippen molar-refractivity contribution in [2.75, 3.05) is 0 Å². The Morgan fingerprint density at radius 2 is 1.85 bits per heavy atom. The third kappa shape index (κ3) is 1.76. The molecule has 0 bridgehead atoms. The number of nitrogens with two attached hydrogens (primary N) is 1. The number of fused-ring (bicyclic) bond motifs is 2. The highest BCUT2D eigenvalue weighted by atomic mass is 16.3. The molecule has 1 heterocycles. The molecule has 0 saturated carbocycles. The van der Waals surface area contributed by atoms with Crippen LogP contribution in [0.25, 0.3) is 11.0 Å². The monoisotopic (exact) mass is 263 g/mol. The molecular formula is C18H17NO. The normalized spacial score (nSPS) is 19.1. The van der Waals surface area contributed by atoms with Gasteiger partial charge in [0.05, 0.1) is 6.04 Å². The first-order chi connectivity index (χ1) is 9.83. The lowest BCUT2D eigenvalue weighted by Crippen LogP contribution is -2.17. The predicted octanol–water partition coefficient (Wildman–Crippen LogP) is 4.16. The summed E-state index contributed by atoms with van der Waals surface area (Å²) in [5.74, 6) is 1.26.